The lowest BCUT2D eigenvalue weighted by atomic mass is 10.0. The van der Waals surface area contributed by atoms with Crippen LogP contribution in [0.15, 0.2) is 24.3 Å². The van der Waals surface area contributed by atoms with Gasteiger partial charge in [0.1, 0.15) is 0 Å². The van der Waals surface area contributed by atoms with Gasteiger partial charge in [0.2, 0.25) is 5.95 Å². The third-order valence-corrected chi connectivity index (χ3v) is 4.28. The highest BCUT2D eigenvalue weighted by molar-refractivity contribution is 5.78. The highest BCUT2D eigenvalue weighted by atomic mass is 15.3. The second kappa shape index (κ2) is 5.83. The third kappa shape index (κ3) is 2.40. The molecule has 0 bridgehead atoms. The Hall–Kier alpha value is -1.55. The summed E-state index contributed by atoms with van der Waals surface area (Å²) >= 11 is 0. The van der Waals surface area contributed by atoms with Crippen molar-refractivity contribution in [3.63, 3.8) is 0 Å². The summed E-state index contributed by atoms with van der Waals surface area (Å²) in [4.78, 5) is 7.35. The minimum Gasteiger partial charge on any atom is -0.338 e. The van der Waals surface area contributed by atoms with E-state index in [1.165, 1.54) is 24.8 Å². The van der Waals surface area contributed by atoms with Crippen molar-refractivity contribution >= 4 is 17.0 Å². The quantitative estimate of drug-likeness (QED) is 0.928. The first-order chi connectivity index (χ1) is 9.81. The second-order valence-electron chi connectivity index (χ2n) is 5.61. The molecule has 108 valence electrons. The number of aryl methyl sites for hydroxylation is 1. The number of imidazole rings is 1. The summed E-state index contributed by atoms with van der Waals surface area (Å²) in [6.07, 6.45) is 3.86. The molecule has 1 fully saturated rings. The molecule has 0 radical (unpaired) electrons. The Kier molecular flexibility index (Phi) is 3.92. The van der Waals surface area contributed by atoms with Crippen LogP contribution in [0.3, 0.4) is 0 Å². The topological polar surface area (TPSA) is 33.1 Å². The van der Waals surface area contributed by atoms with Gasteiger partial charge in [0.05, 0.1) is 11.0 Å². The van der Waals surface area contributed by atoms with E-state index in [1.807, 2.05) is 0 Å². The molecule has 0 amide bonds. The first kappa shape index (κ1) is 13.4. The van der Waals surface area contributed by atoms with Crippen molar-refractivity contribution in [2.24, 2.45) is 7.05 Å². The van der Waals surface area contributed by atoms with Gasteiger partial charge in [0.25, 0.3) is 0 Å². The Morgan fingerprint density at radius 1 is 1.30 bits per heavy atom. The summed E-state index contributed by atoms with van der Waals surface area (Å²) < 4.78 is 2.24. The maximum Gasteiger partial charge on any atom is 0.206 e. The molecule has 1 aromatic heterocycles. The monoisotopic (exact) mass is 272 g/mol. The molecule has 1 aliphatic heterocycles. The summed E-state index contributed by atoms with van der Waals surface area (Å²) in [6, 6.07) is 8.96. The largest absolute Gasteiger partial charge is 0.338 e. The molecule has 20 heavy (non-hydrogen) atoms. The van der Waals surface area contributed by atoms with E-state index in [9.17, 15) is 0 Å². The summed E-state index contributed by atoms with van der Waals surface area (Å²) in [6.45, 7) is 5.38. The Morgan fingerprint density at radius 2 is 2.15 bits per heavy atom. The SMILES string of the molecule is CCNCC1CCCCN1c1nc2ccccc2n1C. The molecule has 0 aliphatic carbocycles. The Morgan fingerprint density at radius 3 is 2.95 bits per heavy atom. The average Bonchev–Trinajstić information content (AvgIpc) is 2.83. The minimum atomic E-state index is 0.569. The van der Waals surface area contributed by atoms with Gasteiger partial charge in [-0.15, -0.1) is 0 Å². The molecule has 1 aliphatic rings. The van der Waals surface area contributed by atoms with E-state index >= 15 is 0 Å². The standard InChI is InChI=1S/C16H24N4/c1-3-17-12-13-8-6-7-11-20(13)16-18-14-9-4-5-10-15(14)19(16)2/h4-5,9-10,13,17H,3,6-8,11-12H2,1-2H3. The Bertz CT molecular complexity index is 575. The first-order valence-corrected chi connectivity index (χ1v) is 7.70. The molecule has 1 saturated heterocycles. The van der Waals surface area contributed by atoms with Crippen molar-refractivity contribution in [1.29, 1.82) is 0 Å². The zero-order chi connectivity index (χ0) is 13.9. The minimum absolute atomic E-state index is 0.569. The number of hydrogen-bond acceptors (Lipinski definition) is 3. The Balaban J connectivity index is 1.92. The first-order valence-electron chi connectivity index (χ1n) is 7.70. The number of fused-ring (bicyclic) bond motifs is 1. The zero-order valence-corrected chi connectivity index (χ0v) is 12.5. The molecule has 0 saturated carbocycles. The molecule has 2 aromatic rings. The van der Waals surface area contributed by atoms with Gasteiger partial charge in [-0.2, -0.15) is 0 Å². The summed E-state index contributed by atoms with van der Waals surface area (Å²) in [5.41, 5.74) is 2.31. The van der Waals surface area contributed by atoms with Crippen LogP contribution in [-0.2, 0) is 7.05 Å². The number of nitrogens with one attached hydrogen (secondary N) is 1. The lowest BCUT2D eigenvalue weighted by molar-refractivity contribution is 0.431. The predicted octanol–water partition coefficient (Wildman–Crippen LogP) is 2.54. The molecule has 1 atom stereocenters. The number of nitrogens with zero attached hydrogens (tertiary/aromatic N) is 3. The van der Waals surface area contributed by atoms with E-state index in [1.54, 1.807) is 0 Å². The highest BCUT2D eigenvalue weighted by Gasteiger charge is 2.25. The number of aromatic nitrogens is 2. The number of anilines is 1. The van der Waals surface area contributed by atoms with Gasteiger partial charge in [-0.05, 0) is 37.9 Å². The van der Waals surface area contributed by atoms with Gasteiger partial charge in [0.15, 0.2) is 0 Å². The van der Waals surface area contributed by atoms with Crippen LogP contribution in [0.4, 0.5) is 5.95 Å². The van der Waals surface area contributed by atoms with Crippen molar-refractivity contribution < 1.29 is 0 Å². The smallest absolute Gasteiger partial charge is 0.206 e. The van der Waals surface area contributed by atoms with Crippen LogP contribution in [0.25, 0.3) is 11.0 Å². The van der Waals surface area contributed by atoms with Crippen molar-refractivity contribution in [2.75, 3.05) is 24.5 Å². The molecule has 0 spiro atoms. The number of piperidine rings is 1. The van der Waals surface area contributed by atoms with E-state index in [2.05, 4.69) is 53.0 Å². The molecule has 4 nitrogen and oxygen atoms in total. The average molecular weight is 272 g/mol. The molecule has 1 aromatic carbocycles. The fourth-order valence-corrected chi connectivity index (χ4v) is 3.18. The van der Waals surface area contributed by atoms with E-state index in [-0.39, 0.29) is 0 Å². The number of hydrogen-bond donors (Lipinski definition) is 1. The number of para-hydroxylation sites is 2. The molecular formula is C16H24N4. The number of benzene rings is 1. The number of likely N-dealkylation sites (N-methyl/N-ethyl adjacent to an activating group) is 1. The lowest BCUT2D eigenvalue weighted by Crippen LogP contribution is -2.46. The molecule has 1 unspecified atom stereocenters. The molecule has 3 rings (SSSR count). The van der Waals surface area contributed by atoms with Crippen LogP contribution in [0.2, 0.25) is 0 Å². The van der Waals surface area contributed by atoms with Gasteiger partial charge in [-0.25, -0.2) is 4.98 Å². The summed E-state index contributed by atoms with van der Waals surface area (Å²) in [7, 11) is 2.13. The predicted molar refractivity (Wildman–Crippen MR) is 84.2 cm³/mol. The van der Waals surface area contributed by atoms with Crippen molar-refractivity contribution in [1.82, 2.24) is 14.9 Å². The van der Waals surface area contributed by atoms with E-state index in [0.717, 1.165) is 31.1 Å². The van der Waals surface area contributed by atoms with Gasteiger partial charge in [-0.3, -0.25) is 0 Å². The fourth-order valence-electron chi connectivity index (χ4n) is 3.18. The second-order valence-corrected chi connectivity index (χ2v) is 5.61. The van der Waals surface area contributed by atoms with Gasteiger partial charge >= 0.3 is 0 Å². The van der Waals surface area contributed by atoms with Crippen molar-refractivity contribution in [3.8, 4) is 0 Å². The lowest BCUT2D eigenvalue weighted by Gasteiger charge is -2.36. The van der Waals surface area contributed by atoms with Gasteiger partial charge < -0.3 is 14.8 Å². The van der Waals surface area contributed by atoms with Crippen molar-refractivity contribution in [2.45, 2.75) is 32.2 Å². The van der Waals surface area contributed by atoms with Gasteiger partial charge in [0, 0.05) is 26.2 Å². The van der Waals surface area contributed by atoms with Crippen LogP contribution in [-0.4, -0.2) is 35.2 Å². The van der Waals surface area contributed by atoms with Crippen LogP contribution in [0.1, 0.15) is 26.2 Å². The Labute approximate surface area is 120 Å². The molecule has 1 N–H and O–H groups in total. The molecular weight excluding hydrogens is 248 g/mol. The van der Waals surface area contributed by atoms with E-state index in [4.69, 9.17) is 4.98 Å². The van der Waals surface area contributed by atoms with E-state index < -0.39 is 0 Å². The zero-order valence-electron chi connectivity index (χ0n) is 12.5. The summed E-state index contributed by atoms with van der Waals surface area (Å²) in [5, 5.41) is 3.49. The van der Waals surface area contributed by atoms with Crippen LogP contribution in [0.5, 0.6) is 0 Å². The normalized spacial score (nSPS) is 19.7. The maximum absolute atomic E-state index is 4.86. The maximum atomic E-state index is 4.86. The van der Waals surface area contributed by atoms with Crippen molar-refractivity contribution in [3.05, 3.63) is 24.3 Å². The molecule has 4 heteroatoms. The van der Waals surface area contributed by atoms with Crippen LogP contribution >= 0.6 is 0 Å². The van der Waals surface area contributed by atoms with Crippen LogP contribution in [0, 0.1) is 0 Å². The van der Waals surface area contributed by atoms with Gasteiger partial charge in [-0.1, -0.05) is 19.1 Å². The van der Waals surface area contributed by atoms with E-state index in [0.29, 0.717) is 6.04 Å². The third-order valence-electron chi connectivity index (χ3n) is 4.28. The van der Waals surface area contributed by atoms with Crippen LogP contribution < -0.4 is 10.2 Å². The number of rotatable bonds is 4. The summed E-state index contributed by atoms with van der Waals surface area (Å²) in [5.74, 6) is 1.12. The molecule has 2 heterocycles. The fraction of sp³-hybridized carbons (Fsp3) is 0.562. The highest BCUT2D eigenvalue weighted by Crippen LogP contribution is 2.26.